The first-order valence-electron chi connectivity index (χ1n) is 8.31. The Hall–Kier alpha value is -2.84. The molecule has 0 aliphatic rings. The summed E-state index contributed by atoms with van der Waals surface area (Å²) in [5, 5.41) is 4.15. The Morgan fingerprint density at radius 2 is 2.07 bits per heavy atom. The van der Waals surface area contributed by atoms with Crippen molar-refractivity contribution in [2.75, 3.05) is 11.9 Å². The van der Waals surface area contributed by atoms with Gasteiger partial charge in [0, 0.05) is 17.1 Å². The van der Waals surface area contributed by atoms with Crippen LogP contribution in [0.25, 0.3) is 10.9 Å². The summed E-state index contributed by atoms with van der Waals surface area (Å²) in [4.78, 5) is 31.6. The molecule has 0 bridgehead atoms. The number of nitrogens with two attached hydrogens (primary N) is 1. The van der Waals surface area contributed by atoms with Crippen LogP contribution in [0.3, 0.4) is 0 Å². The van der Waals surface area contributed by atoms with Gasteiger partial charge in [-0.1, -0.05) is 11.6 Å². The molecule has 146 valence electrons. The number of pyridine rings is 1. The molecule has 1 aromatic carbocycles. The van der Waals surface area contributed by atoms with E-state index in [0.29, 0.717) is 27.4 Å². The Balaban J connectivity index is 2.09. The number of nitrogens with one attached hydrogen (secondary N) is 1. The molecule has 0 aliphatic carbocycles. The molecule has 3 aromatic rings. The summed E-state index contributed by atoms with van der Waals surface area (Å²) in [6, 6.07) is 6.84. The Labute approximate surface area is 170 Å². The third-order valence-electron chi connectivity index (χ3n) is 3.87. The number of amides is 1. The number of benzene rings is 1. The van der Waals surface area contributed by atoms with E-state index >= 15 is 0 Å². The van der Waals surface area contributed by atoms with Gasteiger partial charge in [-0.25, -0.2) is 4.98 Å². The molecule has 0 fully saturated rings. The summed E-state index contributed by atoms with van der Waals surface area (Å²) in [6.45, 7) is 3.38. The number of carbonyl (C=O) groups excluding carboxylic acids is 1. The van der Waals surface area contributed by atoms with E-state index in [0.717, 1.165) is 0 Å². The maximum atomic E-state index is 12.7. The standard InChI is InChI=1S/C18H17Cl2N5O3/c1-9(2)25-13-4-3-11(23-16-12(19)7-22-18(20)24-16)5-10(13)6-14(17(25)27)28-8-15(21)26/h3-7,9H,8H2,1-2H3,(H2,21,26)(H,22,23,24). The van der Waals surface area contributed by atoms with Crippen LogP contribution >= 0.6 is 23.2 Å². The summed E-state index contributed by atoms with van der Waals surface area (Å²) < 4.78 is 6.89. The fourth-order valence-corrected chi connectivity index (χ4v) is 3.00. The zero-order valence-corrected chi connectivity index (χ0v) is 16.6. The van der Waals surface area contributed by atoms with Crippen LogP contribution in [0, 0.1) is 0 Å². The van der Waals surface area contributed by atoms with Crippen LogP contribution in [-0.4, -0.2) is 27.0 Å². The SMILES string of the molecule is CC(C)n1c(=O)c(OCC(N)=O)cc2cc(Nc3nc(Cl)ncc3Cl)ccc21. The number of anilines is 2. The second kappa shape index (κ2) is 8.04. The molecule has 28 heavy (non-hydrogen) atoms. The fraction of sp³-hybridized carbons (Fsp3) is 0.222. The molecule has 0 aliphatic heterocycles. The molecule has 2 heterocycles. The van der Waals surface area contributed by atoms with Gasteiger partial charge in [0.15, 0.2) is 18.2 Å². The zero-order chi connectivity index (χ0) is 20.4. The largest absolute Gasteiger partial charge is 0.478 e. The number of hydrogen-bond donors (Lipinski definition) is 2. The highest BCUT2D eigenvalue weighted by Gasteiger charge is 2.14. The number of halogens is 2. The molecule has 0 unspecified atom stereocenters. The number of primary amides is 1. The summed E-state index contributed by atoms with van der Waals surface area (Å²) in [7, 11) is 0. The van der Waals surface area contributed by atoms with Crippen LogP contribution in [0.15, 0.2) is 35.3 Å². The Kier molecular flexibility index (Phi) is 5.71. The number of nitrogens with zero attached hydrogens (tertiary/aromatic N) is 3. The van der Waals surface area contributed by atoms with Crippen LogP contribution in [0.2, 0.25) is 10.3 Å². The maximum Gasteiger partial charge on any atom is 0.293 e. The van der Waals surface area contributed by atoms with E-state index < -0.39 is 5.91 Å². The first-order valence-corrected chi connectivity index (χ1v) is 9.07. The van der Waals surface area contributed by atoms with Crippen LogP contribution < -0.4 is 21.3 Å². The van der Waals surface area contributed by atoms with Gasteiger partial charge in [0.1, 0.15) is 5.02 Å². The van der Waals surface area contributed by atoms with Crippen molar-refractivity contribution in [1.82, 2.24) is 14.5 Å². The predicted octanol–water partition coefficient (Wildman–Crippen LogP) is 3.29. The van der Waals surface area contributed by atoms with Crippen molar-refractivity contribution in [3.05, 3.63) is 51.1 Å². The van der Waals surface area contributed by atoms with E-state index in [9.17, 15) is 9.59 Å². The molecule has 0 saturated carbocycles. The molecular formula is C18H17Cl2N5O3. The first-order chi connectivity index (χ1) is 13.3. The van der Waals surface area contributed by atoms with Crippen LogP contribution in [0.5, 0.6) is 5.75 Å². The van der Waals surface area contributed by atoms with E-state index in [-0.39, 0.29) is 29.2 Å². The van der Waals surface area contributed by atoms with Crippen molar-refractivity contribution >= 4 is 51.5 Å². The second-order valence-electron chi connectivity index (χ2n) is 6.27. The van der Waals surface area contributed by atoms with Crippen molar-refractivity contribution in [2.45, 2.75) is 19.9 Å². The Morgan fingerprint density at radius 3 is 2.75 bits per heavy atom. The molecule has 0 atom stereocenters. The number of rotatable bonds is 6. The third-order valence-corrected chi connectivity index (χ3v) is 4.33. The van der Waals surface area contributed by atoms with Crippen molar-refractivity contribution in [3.8, 4) is 5.75 Å². The van der Waals surface area contributed by atoms with Gasteiger partial charge < -0.3 is 20.4 Å². The smallest absolute Gasteiger partial charge is 0.293 e. The molecule has 0 radical (unpaired) electrons. The lowest BCUT2D eigenvalue weighted by Gasteiger charge is -2.17. The molecule has 0 saturated heterocycles. The molecule has 3 rings (SSSR count). The van der Waals surface area contributed by atoms with E-state index in [2.05, 4.69) is 15.3 Å². The summed E-state index contributed by atoms with van der Waals surface area (Å²) >= 11 is 11.9. The van der Waals surface area contributed by atoms with Crippen molar-refractivity contribution in [1.29, 1.82) is 0 Å². The molecule has 10 heteroatoms. The Bertz CT molecular complexity index is 1110. The van der Waals surface area contributed by atoms with Crippen LogP contribution in [0.1, 0.15) is 19.9 Å². The summed E-state index contributed by atoms with van der Waals surface area (Å²) in [5.41, 5.74) is 6.16. The predicted molar refractivity (Wildman–Crippen MR) is 109 cm³/mol. The van der Waals surface area contributed by atoms with Crippen LogP contribution in [-0.2, 0) is 4.79 Å². The van der Waals surface area contributed by atoms with Gasteiger partial charge in [0.05, 0.1) is 11.7 Å². The van der Waals surface area contributed by atoms with Gasteiger partial charge in [-0.2, -0.15) is 4.98 Å². The number of ether oxygens (including phenoxy) is 1. The van der Waals surface area contributed by atoms with Gasteiger partial charge >= 0.3 is 0 Å². The van der Waals surface area contributed by atoms with Crippen molar-refractivity contribution < 1.29 is 9.53 Å². The molecule has 2 aromatic heterocycles. The van der Waals surface area contributed by atoms with Gasteiger partial charge in [-0.15, -0.1) is 0 Å². The molecule has 3 N–H and O–H groups in total. The summed E-state index contributed by atoms with van der Waals surface area (Å²) in [5.74, 6) is -0.273. The molecule has 1 amide bonds. The highest BCUT2D eigenvalue weighted by atomic mass is 35.5. The maximum absolute atomic E-state index is 12.7. The molecular weight excluding hydrogens is 405 g/mol. The number of hydrogen-bond acceptors (Lipinski definition) is 6. The average Bonchev–Trinajstić information content (AvgIpc) is 2.62. The lowest BCUT2D eigenvalue weighted by molar-refractivity contribution is -0.119. The quantitative estimate of drug-likeness (QED) is 0.590. The molecule has 8 nitrogen and oxygen atoms in total. The highest BCUT2D eigenvalue weighted by Crippen LogP contribution is 2.28. The Morgan fingerprint density at radius 1 is 1.32 bits per heavy atom. The first kappa shape index (κ1) is 19.9. The van der Waals surface area contributed by atoms with Crippen molar-refractivity contribution in [2.24, 2.45) is 5.73 Å². The van der Waals surface area contributed by atoms with Gasteiger partial charge in [0.25, 0.3) is 11.5 Å². The van der Waals surface area contributed by atoms with E-state index in [4.69, 9.17) is 33.7 Å². The number of carbonyl (C=O) groups is 1. The topological polar surface area (TPSA) is 112 Å². The van der Waals surface area contributed by atoms with E-state index in [1.807, 2.05) is 13.8 Å². The molecule has 0 spiro atoms. The highest BCUT2D eigenvalue weighted by molar-refractivity contribution is 6.33. The van der Waals surface area contributed by atoms with Gasteiger partial charge in [0.2, 0.25) is 5.28 Å². The fourth-order valence-electron chi connectivity index (χ4n) is 2.73. The van der Waals surface area contributed by atoms with E-state index in [1.54, 1.807) is 28.8 Å². The second-order valence-corrected chi connectivity index (χ2v) is 7.01. The van der Waals surface area contributed by atoms with E-state index in [1.165, 1.54) is 6.20 Å². The van der Waals surface area contributed by atoms with Gasteiger partial charge in [-0.3, -0.25) is 9.59 Å². The zero-order valence-electron chi connectivity index (χ0n) is 15.1. The van der Waals surface area contributed by atoms with Crippen molar-refractivity contribution in [3.63, 3.8) is 0 Å². The minimum atomic E-state index is -0.665. The minimum Gasteiger partial charge on any atom is -0.478 e. The summed E-state index contributed by atoms with van der Waals surface area (Å²) in [6.07, 6.45) is 1.40. The van der Waals surface area contributed by atoms with Gasteiger partial charge in [-0.05, 0) is 49.7 Å². The number of aromatic nitrogens is 3. The lowest BCUT2D eigenvalue weighted by atomic mass is 10.1. The monoisotopic (exact) mass is 421 g/mol. The lowest BCUT2D eigenvalue weighted by Crippen LogP contribution is -2.27. The third kappa shape index (κ3) is 4.18. The van der Waals surface area contributed by atoms with Crippen LogP contribution in [0.4, 0.5) is 11.5 Å². The average molecular weight is 422 g/mol. The number of fused-ring (bicyclic) bond motifs is 1. The normalized spacial score (nSPS) is 11.0. The minimum absolute atomic E-state index is 0.0419.